The average Bonchev–Trinajstić information content (AvgIpc) is 2.89. The molecule has 1 aromatic rings. The zero-order valence-corrected chi connectivity index (χ0v) is 12.5. The van der Waals surface area contributed by atoms with Crippen molar-refractivity contribution in [3.63, 3.8) is 0 Å². The largest absolute Gasteiger partial charge is 0.446 e. The molecule has 0 aliphatic carbocycles. The molecule has 0 spiro atoms. The number of amides is 2. The first-order valence-electron chi connectivity index (χ1n) is 7.21. The number of rotatable bonds is 5. The van der Waals surface area contributed by atoms with Crippen LogP contribution in [0.25, 0.3) is 0 Å². The Morgan fingerprint density at radius 1 is 1.43 bits per heavy atom. The van der Waals surface area contributed by atoms with E-state index in [9.17, 15) is 9.59 Å². The number of hydrogen-bond donors (Lipinski definition) is 0. The molecule has 1 aliphatic rings. The van der Waals surface area contributed by atoms with Crippen molar-refractivity contribution in [1.82, 2.24) is 4.90 Å². The van der Waals surface area contributed by atoms with Crippen LogP contribution in [0.5, 0.6) is 0 Å². The quantitative estimate of drug-likeness (QED) is 0.778. The fraction of sp³-hybridized carbons (Fsp3) is 0.412. The van der Waals surface area contributed by atoms with Crippen LogP contribution in [0.2, 0.25) is 0 Å². The molecule has 3 unspecified atom stereocenters. The van der Waals surface area contributed by atoms with Gasteiger partial charge >= 0.3 is 6.09 Å². The second kappa shape index (κ2) is 6.57. The van der Waals surface area contributed by atoms with Gasteiger partial charge in [-0.1, -0.05) is 50.3 Å². The van der Waals surface area contributed by atoms with Gasteiger partial charge in [0.25, 0.3) is 0 Å². The van der Waals surface area contributed by atoms with E-state index in [2.05, 4.69) is 6.58 Å². The second-order valence-corrected chi connectivity index (χ2v) is 5.54. The van der Waals surface area contributed by atoms with Gasteiger partial charge in [-0.3, -0.25) is 4.79 Å². The molecule has 2 rings (SSSR count). The topological polar surface area (TPSA) is 46.6 Å². The minimum Gasteiger partial charge on any atom is -0.446 e. The number of nitrogens with zero attached hydrogens (tertiary/aromatic N) is 1. The molecule has 21 heavy (non-hydrogen) atoms. The molecule has 4 nitrogen and oxygen atoms in total. The summed E-state index contributed by atoms with van der Waals surface area (Å²) in [7, 11) is 0. The average molecular weight is 287 g/mol. The Bertz CT molecular complexity index is 526. The minimum absolute atomic E-state index is 0.139. The number of cyclic esters (lactones) is 1. The Morgan fingerprint density at radius 3 is 2.71 bits per heavy atom. The molecule has 0 aromatic heterocycles. The van der Waals surface area contributed by atoms with Gasteiger partial charge in [-0.2, -0.15) is 0 Å². The van der Waals surface area contributed by atoms with Gasteiger partial charge in [-0.05, 0) is 17.4 Å². The summed E-state index contributed by atoms with van der Waals surface area (Å²) in [6.07, 6.45) is 1.59. The van der Waals surface area contributed by atoms with Crippen LogP contribution < -0.4 is 0 Å². The summed E-state index contributed by atoms with van der Waals surface area (Å²) in [6, 6.07) is 9.18. The summed E-state index contributed by atoms with van der Waals surface area (Å²) in [5, 5.41) is 0. The smallest absolute Gasteiger partial charge is 0.417 e. The molecule has 1 aromatic carbocycles. The van der Waals surface area contributed by atoms with Crippen molar-refractivity contribution in [3.05, 3.63) is 48.6 Å². The molecular formula is C17H21NO3. The summed E-state index contributed by atoms with van der Waals surface area (Å²) in [5.41, 5.74) is 0.918. The third-order valence-corrected chi connectivity index (χ3v) is 4.09. The minimum atomic E-state index is -0.549. The van der Waals surface area contributed by atoms with Gasteiger partial charge in [0, 0.05) is 6.42 Å². The molecule has 0 bridgehead atoms. The lowest BCUT2D eigenvalue weighted by Gasteiger charge is -2.23. The molecule has 1 heterocycles. The van der Waals surface area contributed by atoms with E-state index in [1.54, 1.807) is 0 Å². The van der Waals surface area contributed by atoms with Gasteiger partial charge in [0.05, 0.1) is 0 Å². The predicted molar refractivity (Wildman–Crippen MR) is 80.5 cm³/mol. The van der Waals surface area contributed by atoms with Gasteiger partial charge < -0.3 is 4.74 Å². The van der Waals surface area contributed by atoms with Crippen molar-refractivity contribution in [2.45, 2.75) is 26.3 Å². The van der Waals surface area contributed by atoms with E-state index in [0.717, 1.165) is 5.56 Å². The predicted octanol–water partition coefficient (Wildman–Crippen LogP) is 3.55. The van der Waals surface area contributed by atoms with Crippen molar-refractivity contribution in [2.75, 3.05) is 6.61 Å². The number of allylic oxidation sites excluding steroid dienone is 1. The molecule has 0 N–H and O–H groups in total. The zero-order chi connectivity index (χ0) is 15.4. The lowest BCUT2D eigenvalue weighted by Crippen LogP contribution is -2.35. The Hall–Kier alpha value is -2.10. The van der Waals surface area contributed by atoms with Crippen LogP contribution in [-0.4, -0.2) is 23.5 Å². The molecule has 112 valence electrons. The highest BCUT2D eigenvalue weighted by Crippen LogP contribution is 2.29. The number of hydrogen-bond acceptors (Lipinski definition) is 3. The number of carbonyl (C=O) groups excluding carboxylic acids is 2. The van der Waals surface area contributed by atoms with Gasteiger partial charge in [0.15, 0.2) is 0 Å². The maximum absolute atomic E-state index is 12.5. The summed E-state index contributed by atoms with van der Waals surface area (Å²) in [5.74, 6) is 0.176. The number of ether oxygens (including phenoxy) is 1. The van der Waals surface area contributed by atoms with Gasteiger partial charge in [-0.25, -0.2) is 9.69 Å². The van der Waals surface area contributed by atoms with E-state index in [1.165, 1.54) is 4.90 Å². The molecule has 1 fully saturated rings. The monoisotopic (exact) mass is 287 g/mol. The molecule has 1 aliphatic heterocycles. The van der Waals surface area contributed by atoms with Crippen LogP contribution in [0.3, 0.4) is 0 Å². The summed E-state index contributed by atoms with van der Waals surface area (Å²) >= 11 is 0. The van der Waals surface area contributed by atoms with Crippen LogP contribution in [0.4, 0.5) is 4.79 Å². The number of benzene rings is 1. The highest BCUT2D eigenvalue weighted by molar-refractivity contribution is 5.93. The summed E-state index contributed by atoms with van der Waals surface area (Å²) in [6.45, 7) is 7.97. The SMILES string of the molecule is C=CC(C)C(C)CC(=O)N1C(=O)OCC1c1ccccc1. The zero-order valence-electron chi connectivity index (χ0n) is 12.5. The fourth-order valence-corrected chi connectivity index (χ4v) is 2.41. The number of imide groups is 1. The Labute approximate surface area is 125 Å². The molecular weight excluding hydrogens is 266 g/mol. The van der Waals surface area contributed by atoms with E-state index < -0.39 is 6.09 Å². The fourth-order valence-electron chi connectivity index (χ4n) is 2.41. The Morgan fingerprint density at radius 2 is 2.10 bits per heavy atom. The van der Waals surface area contributed by atoms with Gasteiger partial charge in [0.1, 0.15) is 12.6 Å². The first kappa shape index (κ1) is 15.3. The maximum Gasteiger partial charge on any atom is 0.417 e. The van der Waals surface area contributed by atoms with Gasteiger partial charge in [0.2, 0.25) is 5.91 Å². The van der Waals surface area contributed by atoms with Crippen LogP contribution in [0, 0.1) is 11.8 Å². The van der Waals surface area contributed by atoms with E-state index in [1.807, 2.05) is 50.3 Å². The normalized spacial score (nSPS) is 20.8. The van der Waals surface area contributed by atoms with Crippen LogP contribution in [0.1, 0.15) is 31.9 Å². The van der Waals surface area contributed by atoms with E-state index in [0.29, 0.717) is 6.42 Å². The van der Waals surface area contributed by atoms with Crippen molar-refractivity contribution >= 4 is 12.0 Å². The lowest BCUT2D eigenvalue weighted by molar-refractivity contribution is -0.130. The van der Waals surface area contributed by atoms with Crippen molar-refractivity contribution < 1.29 is 14.3 Å². The van der Waals surface area contributed by atoms with Crippen LogP contribution in [-0.2, 0) is 9.53 Å². The first-order chi connectivity index (χ1) is 10.0. The van der Waals surface area contributed by atoms with Gasteiger partial charge in [-0.15, -0.1) is 6.58 Å². The maximum atomic E-state index is 12.5. The number of carbonyl (C=O) groups is 2. The molecule has 3 atom stereocenters. The molecule has 0 saturated carbocycles. The van der Waals surface area contributed by atoms with Crippen molar-refractivity contribution in [3.8, 4) is 0 Å². The molecule has 1 saturated heterocycles. The molecule has 0 radical (unpaired) electrons. The van der Waals surface area contributed by atoms with E-state index >= 15 is 0 Å². The third kappa shape index (κ3) is 3.32. The Kier molecular flexibility index (Phi) is 4.78. The van der Waals surface area contributed by atoms with Crippen molar-refractivity contribution in [2.24, 2.45) is 11.8 Å². The van der Waals surface area contributed by atoms with E-state index in [4.69, 9.17) is 4.74 Å². The molecule has 2 amide bonds. The third-order valence-electron chi connectivity index (χ3n) is 4.09. The van der Waals surface area contributed by atoms with Crippen LogP contribution >= 0.6 is 0 Å². The van der Waals surface area contributed by atoms with Crippen LogP contribution in [0.15, 0.2) is 43.0 Å². The second-order valence-electron chi connectivity index (χ2n) is 5.54. The highest BCUT2D eigenvalue weighted by atomic mass is 16.6. The van der Waals surface area contributed by atoms with Crippen molar-refractivity contribution in [1.29, 1.82) is 0 Å². The molecule has 4 heteroatoms. The lowest BCUT2D eigenvalue weighted by atomic mass is 9.92. The van der Waals surface area contributed by atoms with E-state index in [-0.39, 0.29) is 30.4 Å². The first-order valence-corrected chi connectivity index (χ1v) is 7.21. The standard InChI is InChI=1S/C17H21NO3/c1-4-12(2)13(3)10-16(19)18-15(11-21-17(18)20)14-8-6-5-7-9-14/h4-9,12-13,15H,1,10-11H2,2-3H3. The highest BCUT2D eigenvalue weighted by Gasteiger charge is 2.39. The Balaban J connectivity index is 2.13. The summed E-state index contributed by atoms with van der Waals surface area (Å²) in [4.78, 5) is 25.6. The summed E-state index contributed by atoms with van der Waals surface area (Å²) < 4.78 is 5.07.